The molecule has 0 aliphatic heterocycles. The third kappa shape index (κ3) is 1.26. The molecule has 1 aromatic carbocycles. The molecule has 0 unspecified atom stereocenters. The van der Waals surface area contributed by atoms with Crippen LogP contribution < -0.4 is 0 Å². The van der Waals surface area contributed by atoms with E-state index < -0.39 is 5.97 Å². The number of phenolic OH excluding ortho intramolecular Hbond substituents is 1. The molecule has 6 nitrogen and oxygen atoms in total. The van der Waals surface area contributed by atoms with Crippen LogP contribution in [-0.2, 0) is 11.2 Å². The number of aromatic amines is 1. The number of fused-ring (bicyclic) bond motifs is 1. The Kier molecular flexibility index (Phi) is 1.81. The van der Waals surface area contributed by atoms with Gasteiger partial charge in [-0.15, -0.1) is 0 Å². The van der Waals surface area contributed by atoms with Crippen molar-refractivity contribution in [3.8, 4) is 5.75 Å². The standard InChI is InChI=1S/C8H7N3O3/c12-6(13)3-4-1-2-5-7(8(4)14)10-11-9-5/h1-2,14H,3H2,(H,12,13)(H,9,10,11). The van der Waals surface area contributed by atoms with E-state index in [9.17, 15) is 9.90 Å². The van der Waals surface area contributed by atoms with Crippen LogP contribution in [0.1, 0.15) is 5.56 Å². The maximum absolute atomic E-state index is 10.4. The predicted octanol–water partition coefficient (Wildman–Crippen LogP) is 0.291. The van der Waals surface area contributed by atoms with Gasteiger partial charge in [-0.1, -0.05) is 6.07 Å². The first-order valence-electron chi connectivity index (χ1n) is 3.91. The molecule has 0 fully saturated rings. The van der Waals surface area contributed by atoms with E-state index in [4.69, 9.17) is 5.11 Å². The summed E-state index contributed by atoms with van der Waals surface area (Å²) in [4.78, 5) is 10.4. The number of nitrogens with zero attached hydrogens (tertiary/aromatic N) is 2. The van der Waals surface area contributed by atoms with E-state index in [0.29, 0.717) is 16.6 Å². The molecular formula is C8H7N3O3. The second kappa shape index (κ2) is 2.99. The highest BCUT2D eigenvalue weighted by atomic mass is 16.4. The molecule has 14 heavy (non-hydrogen) atoms. The number of hydrogen-bond acceptors (Lipinski definition) is 4. The second-order valence-electron chi connectivity index (χ2n) is 2.84. The average molecular weight is 193 g/mol. The Morgan fingerprint density at radius 1 is 1.43 bits per heavy atom. The topological polar surface area (TPSA) is 99.1 Å². The molecule has 0 atom stereocenters. The van der Waals surface area contributed by atoms with Crippen LogP contribution >= 0.6 is 0 Å². The Morgan fingerprint density at radius 3 is 2.93 bits per heavy atom. The van der Waals surface area contributed by atoms with E-state index in [1.54, 1.807) is 6.07 Å². The lowest BCUT2D eigenvalue weighted by molar-refractivity contribution is -0.136. The summed E-state index contributed by atoms with van der Waals surface area (Å²) in [6.45, 7) is 0. The van der Waals surface area contributed by atoms with E-state index in [-0.39, 0.29) is 12.2 Å². The van der Waals surface area contributed by atoms with Crippen molar-refractivity contribution < 1.29 is 15.0 Å². The molecule has 3 N–H and O–H groups in total. The van der Waals surface area contributed by atoms with Gasteiger partial charge in [0.2, 0.25) is 0 Å². The number of carboxylic acid groups (broad SMARTS) is 1. The van der Waals surface area contributed by atoms with Crippen LogP contribution in [0.4, 0.5) is 0 Å². The minimum atomic E-state index is -0.997. The van der Waals surface area contributed by atoms with E-state index in [2.05, 4.69) is 15.4 Å². The summed E-state index contributed by atoms with van der Waals surface area (Å²) in [7, 11) is 0. The molecule has 0 radical (unpaired) electrons. The highest BCUT2D eigenvalue weighted by Crippen LogP contribution is 2.25. The molecule has 2 rings (SSSR count). The maximum atomic E-state index is 10.4. The van der Waals surface area contributed by atoms with Crippen molar-refractivity contribution in [2.45, 2.75) is 6.42 Å². The Morgan fingerprint density at radius 2 is 2.21 bits per heavy atom. The second-order valence-corrected chi connectivity index (χ2v) is 2.84. The normalized spacial score (nSPS) is 10.6. The number of phenols is 1. The van der Waals surface area contributed by atoms with Gasteiger partial charge in [0, 0.05) is 5.56 Å². The van der Waals surface area contributed by atoms with Crippen LogP contribution in [0.2, 0.25) is 0 Å². The first-order chi connectivity index (χ1) is 6.68. The lowest BCUT2D eigenvalue weighted by Gasteiger charge is -2.00. The van der Waals surface area contributed by atoms with Crippen molar-refractivity contribution in [1.29, 1.82) is 0 Å². The average Bonchev–Trinajstić information content (AvgIpc) is 2.57. The van der Waals surface area contributed by atoms with Gasteiger partial charge in [-0.3, -0.25) is 4.79 Å². The van der Waals surface area contributed by atoms with Crippen molar-refractivity contribution in [2.75, 3.05) is 0 Å². The van der Waals surface area contributed by atoms with Crippen molar-refractivity contribution in [2.24, 2.45) is 0 Å². The van der Waals surface area contributed by atoms with Crippen molar-refractivity contribution in [3.63, 3.8) is 0 Å². The van der Waals surface area contributed by atoms with Crippen LogP contribution in [0.5, 0.6) is 5.75 Å². The minimum absolute atomic E-state index is 0.126. The fraction of sp³-hybridized carbons (Fsp3) is 0.125. The number of aromatic nitrogens is 3. The van der Waals surface area contributed by atoms with E-state index >= 15 is 0 Å². The zero-order valence-electron chi connectivity index (χ0n) is 7.06. The lowest BCUT2D eigenvalue weighted by Crippen LogP contribution is -2.00. The van der Waals surface area contributed by atoms with Gasteiger partial charge in [0.15, 0.2) is 5.52 Å². The number of hydrogen-bond donors (Lipinski definition) is 3. The minimum Gasteiger partial charge on any atom is -0.505 e. The zero-order chi connectivity index (χ0) is 10.1. The fourth-order valence-corrected chi connectivity index (χ4v) is 1.25. The van der Waals surface area contributed by atoms with Crippen molar-refractivity contribution in [3.05, 3.63) is 17.7 Å². The fourth-order valence-electron chi connectivity index (χ4n) is 1.25. The number of aromatic hydroxyl groups is 1. The lowest BCUT2D eigenvalue weighted by atomic mass is 10.1. The summed E-state index contributed by atoms with van der Waals surface area (Å²) >= 11 is 0. The van der Waals surface area contributed by atoms with Gasteiger partial charge < -0.3 is 10.2 Å². The summed E-state index contributed by atoms with van der Waals surface area (Å²) in [5.41, 5.74) is 1.14. The van der Waals surface area contributed by atoms with Crippen molar-refractivity contribution >= 4 is 17.0 Å². The first-order valence-corrected chi connectivity index (χ1v) is 3.91. The van der Waals surface area contributed by atoms with Crippen LogP contribution in [0.3, 0.4) is 0 Å². The zero-order valence-corrected chi connectivity index (χ0v) is 7.06. The van der Waals surface area contributed by atoms with E-state index in [1.165, 1.54) is 6.07 Å². The van der Waals surface area contributed by atoms with Crippen molar-refractivity contribution in [1.82, 2.24) is 15.4 Å². The van der Waals surface area contributed by atoms with Gasteiger partial charge in [-0.25, -0.2) is 0 Å². The predicted molar refractivity (Wildman–Crippen MR) is 46.9 cm³/mol. The van der Waals surface area contributed by atoms with Crippen LogP contribution in [0.15, 0.2) is 12.1 Å². The molecular weight excluding hydrogens is 186 g/mol. The highest BCUT2D eigenvalue weighted by Gasteiger charge is 2.11. The number of rotatable bonds is 2. The Hall–Kier alpha value is -2.11. The molecule has 0 spiro atoms. The highest BCUT2D eigenvalue weighted by molar-refractivity contribution is 5.83. The third-order valence-corrected chi connectivity index (χ3v) is 1.89. The summed E-state index contributed by atoms with van der Waals surface area (Å²) in [5.74, 6) is -1.12. The smallest absolute Gasteiger partial charge is 0.307 e. The van der Waals surface area contributed by atoms with E-state index in [1.807, 2.05) is 0 Å². The maximum Gasteiger partial charge on any atom is 0.307 e. The van der Waals surface area contributed by atoms with Crippen LogP contribution in [0.25, 0.3) is 11.0 Å². The summed E-state index contributed by atoms with van der Waals surface area (Å²) in [5, 5.41) is 28.0. The summed E-state index contributed by atoms with van der Waals surface area (Å²) in [6.07, 6.45) is -0.228. The molecule has 0 saturated carbocycles. The number of H-pyrrole nitrogens is 1. The Labute approximate surface area is 78.2 Å². The molecule has 1 heterocycles. The van der Waals surface area contributed by atoms with E-state index in [0.717, 1.165) is 0 Å². The number of nitrogens with one attached hydrogen (secondary N) is 1. The molecule has 0 saturated heterocycles. The Bertz CT molecular complexity index is 492. The van der Waals surface area contributed by atoms with Gasteiger partial charge in [0.05, 0.1) is 6.42 Å². The molecule has 72 valence electrons. The monoisotopic (exact) mass is 193 g/mol. The molecule has 2 aromatic rings. The molecule has 0 bridgehead atoms. The van der Waals surface area contributed by atoms with Gasteiger partial charge in [-0.2, -0.15) is 15.4 Å². The quantitative estimate of drug-likeness (QED) is 0.636. The largest absolute Gasteiger partial charge is 0.505 e. The number of carboxylic acids is 1. The summed E-state index contributed by atoms with van der Waals surface area (Å²) < 4.78 is 0. The number of benzene rings is 1. The molecule has 1 aromatic heterocycles. The number of carbonyl (C=O) groups is 1. The van der Waals surface area contributed by atoms with Crippen LogP contribution in [0, 0.1) is 0 Å². The molecule has 0 amide bonds. The summed E-state index contributed by atoms with van der Waals surface area (Å²) in [6, 6.07) is 3.13. The number of aliphatic carboxylic acids is 1. The SMILES string of the molecule is O=C(O)Cc1ccc2n[nH]nc2c1O. The molecule has 6 heteroatoms. The Balaban J connectivity index is 2.56. The third-order valence-electron chi connectivity index (χ3n) is 1.89. The van der Waals surface area contributed by atoms with Gasteiger partial charge in [0.1, 0.15) is 11.3 Å². The van der Waals surface area contributed by atoms with Gasteiger partial charge in [0.25, 0.3) is 0 Å². The van der Waals surface area contributed by atoms with Gasteiger partial charge in [-0.05, 0) is 6.07 Å². The van der Waals surface area contributed by atoms with Gasteiger partial charge >= 0.3 is 5.97 Å². The molecule has 0 aliphatic carbocycles. The van der Waals surface area contributed by atoms with Crippen LogP contribution in [-0.4, -0.2) is 31.6 Å². The first kappa shape index (κ1) is 8.49. The molecule has 0 aliphatic rings.